The van der Waals surface area contributed by atoms with Gasteiger partial charge < -0.3 is 10.3 Å². The van der Waals surface area contributed by atoms with Gasteiger partial charge in [-0.2, -0.15) is 0 Å². The number of aromatic amines is 1. The summed E-state index contributed by atoms with van der Waals surface area (Å²) in [5, 5.41) is 3.36. The Hall–Kier alpha value is -2.21. The molecule has 2 heterocycles. The van der Waals surface area contributed by atoms with Gasteiger partial charge in [-0.3, -0.25) is 0 Å². The molecule has 0 aliphatic carbocycles. The highest BCUT2D eigenvalue weighted by Gasteiger charge is 2.18. The lowest BCUT2D eigenvalue weighted by Crippen LogP contribution is -2.36. The quantitative estimate of drug-likeness (QED) is 0.727. The van der Waals surface area contributed by atoms with E-state index in [1.165, 1.54) is 6.07 Å². The number of nitrogens with one attached hydrogen (secondary N) is 2. The van der Waals surface area contributed by atoms with E-state index in [1.807, 2.05) is 0 Å². The summed E-state index contributed by atoms with van der Waals surface area (Å²) in [6, 6.07) is 4.63. The third-order valence-electron chi connectivity index (χ3n) is 3.08. The van der Waals surface area contributed by atoms with Crippen LogP contribution in [0.15, 0.2) is 30.9 Å². The number of hydrogen-bond acceptors (Lipinski definition) is 3. The molecule has 0 aliphatic rings. The van der Waals surface area contributed by atoms with E-state index in [9.17, 15) is 4.39 Å². The molecule has 0 spiro atoms. The molecule has 0 fully saturated rings. The molecule has 0 radical (unpaired) electrons. The highest BCUT2D eigenvalue weighted by molar-refractivity contribution is 6.31. The summed E-state index contributed by atoms with van der Waals surface area (Å²) < 4.78 is 15.6. The third kappa shape index (κ3) is 2.08. The molecular formula is C13H12ClFN5+. The number of benzene rings is 1. The SMILES string of the molecule is CNc1nc[n+](Cc2c(F)cccc2Cl)c2nc[nH]c12. The zero-order valence-corrected chi connectivity index (χ0v) is 11.4. The van der Waals surface area contributed by atoms with Gasteiger partial charge in [-0.05, 0) is 12.1 Å². The van der Waals surface area contributed by atoms with Crippen molar-refractivity contribution in [3.63, 3.8) is 0 Å². The molecule has 0 aliphatic heterocycles. The highest BCUT2D eigenvalue weighted by atomic mass is 35.5. The summed E-state index contributed by atoms with van der Waals surface area (Å²) in [5.74, 6) is 0.347. The smallest absolute Gasteiger partial charge is 0.293 e. The number of aromatic nitrogens is 4. The van der Waals surface area contributed by atoms with Crippen molar-refractivity contribution in [2.75, 3.05) is 12.4 Å². The number of fused-ring (bicyclic) bond motifs is 1. The van der Waals surface area contributed by atoms with Gasteiger partial charge in [0.25, 0.3) is 5.65 Å². The average Bonchev–Trinajstić information content (AvgIpc) is 2.92. The first kappa shape index (κ1) is 12.8. The lowest BCUT2D eigenvalue weighted by atomic mass is 10.2. The van der Waals surface area contributed by atoms with Gasteiger partial charge in [0.1, 0.15) is 12.4 Å². The third-order valence-corrected chi connectivity index (χ3v) is 3.44. The Morgan fingerprint density at radius 3 is 3.00 bits per heavy atom. The first-order valence-electron chi connectivity index (χ1n) is 6.03. The first-order valence-corrected chi connectivity index (χ1v) is 6.40. The topological polar surface area (TPSA) is 57.5 Å². The van der Waals surface area contributed by atoms with Gasteiger partial charge in [0.2, 0.25) is 12.1 Å². The number of nitrogens with zero attached hydrogens (tertiary/aromatic N) is 3. The minimum absolute atomic E-state index is 0.268. The molecule has 20 heavy (non-hydrogen) atoms. The van der Waals surface area contributed by atoms with Crippen LogP contribution < -0.4 is 9.88 Å². The van der Waals surface area contributed by atoms with Gasteiger partial charge in [0.05, 0.1) is 0 Å². The maximum atomic E-state index is 13.8. The number of rotatable bonds is 3. The minimum atomic E-state index is -0.341. The van der Waals surface area contributed by atoms with Crippen molar-refractivity contribution in [3.05, 3.63) is 47.3 Å². The fourth-order valence-corrected chi connectivity index (χ4v) is 2.31. The second kappa shape index (κ2) is 5.05. The molecular weight excluding hydrogens is 281 g/mol. The molecule has 102 valence electrons. The molecule has 0 atom stereocenters. The van der Waals surface area contributed by atoms with Crippen molar-refractivity contribution in [3.8, 4) is 0 Å². The Balaban J connectivity index is 2.10. The maximum Gasteiger partial charge on any atom is 0.293 e. The fourth-order valence-electron chi connectivity index (χ4n) is 2.08. The molecule has 7 heteroatoms. The average molecular weight is 293 g/mol. The predicted octanol–water partition coefficient (Wildman–Crippen LogP) is 2.13. The second-order valence-corrected chi connectivity index (χ2v) is 4.68. The van der Waals surface area contributed by atoms with Crippen LogP contribution >= 0.6 is 11.6 Å². The van der Waals surface area contributed by atoms with Crippen LogP contribution in [0, 0.1) is 5.82 Å². The predicted molar refractivity (Wildman–Crippen MR) is 74.1 cm³/mol. The summed E-state index contributed by atoms with van der Waals surface area (Å²) in [6.45, 7) is 0.268. The number of imidazole rings is 1. The van der Waals surface area contributed by atoms with E-state index in [2.05, 4.69) is 20.3 Å². The summed E-state index contributed by atoms with van der Waals surface area (Å²) in [5.41, 5.74) is 1.87. The van der Waals surface area contributed by atoms with Crippen LogP contribution in [0.2, 0.25) is 5.02 Å². The van der Waals surface area contributed by atoms with Crippen molar-refractivity contribution < 1.29 is 8.96 Å². The lowest BCUT2D eigenvalue weighted by Gasteiger charge is -2.06. The largest absolute Gasteiger partial charge is 0.358 e. The van der Waals surface area contributed by atoms with Gasteiger partial charge in [-0.15, -0.1) is 0 Å². The Morgan fingerprint density at radius 1 is 1.40 bits per heavy atom. The van der Waals surface area contributed by atoms with Crippen molar-refractivity contribution in [2.24, 2.45) is 0 Å². The van der Waals surface area contributed by atoms with Crippen molar-refractivity contribution in [1.29, 1.82) is 0 Å². The summed E-state index contributed by atoms with van der Waals surface area (Å²) in [6.07, 6.45) is 3.18. The first-order chi connectivity index (χ1) is 9.70. The minimum Gasteiger partial charge on any atom is -0.358 e. The van der Waals surface area contributed by atoms with E-state index in [4.69, 9.17) is 11.6 Å². The normalized spacial score (nSPS) is 10.9. The van der Waals surface area contributed by atoms with Crippen LogP contribution in [-0.4, -0.2) is 22.0 Å². The monoisotopic (exact) mass is 292 g/mol. The summed E-state index contributed by atoms with van der Waals surface area (Å²) >= 11 is 6.05. The van der Waals surface area contributed by atoms with Gasteiger partial charge >= 0.3 is 0 Å². The summed E-state index contributed by atoms with van der Waals surface area (Å²) in [4.78, 5) is 11.5. The molecule has 0 bridgehead atoms. The van der Waals surface area contributed by atoms with Crippen molar-refractivity contribution >= 4 is 28.6 Å². The van der Waals surface area contributed by atoms with Gasteiger partial charge in [-0.25, -0.2) is 8.96 Å². The molecule has 0 amide bonds. The Morgan fingerprint density at radius 2 is 2.25 bits per heavy atom. The van der Waals surface area contributed by atoms with Crippen LogP contribution in [0.1, 0.15) is 5.56 Å². The molecule has 2 aromatic heterocycles. The second-order valence-electron chi connectivity index (χ2n) is 4.27. The molecule has 0 saturated carbocycles. The molecule has 3 rings (SSSR count). The van der Waals surface area contributed by atoms with Crippen LogP contribution in [0.4, 0.5) is 10.2 Å². The van der Waals surface area contributed by atoms with Crippen molar-refractivity contribution in [2.45, 2.75) is 6.54 Å². The molecule has 5 nitrogen and oxygen atoms in total. The van der Waals surface area contributed by atoms with Gasteiger partial charge in [0, 0.05) is 17.6 Å². The number of anilines is 1. The fraction of sp³-hybridized carbons (Fsp3) is 0.154. The Kier molecular flexibility index (Phi) is 3.23. The Labute approximate surface area is 119 Å². The molecule has 2 N–H and O–H groups in total. The zero-order valence-electron chi connectivity index (χ0n) is 10.7. The maximum absolute atomic E-state index is 13.8. The van der Waals surface area contributed by atoms with E-state index < -0.39 is 0 Å². The van der Waals surface area contributed by atoms with Gasteiger partial charge in [-0.1, -0.05) is 27.6 Å². The highest BCUT2D eigenvalue weighted by Crippen LogP contribution is 2.19. The number of H-pyrrole nitrogens is 1. The van der Waals surface area contributed by atoms with Crippen LogP contribution in [0.25, 0.3) is 11.2 Å². The number of halogens is 2. The molecule has 0 unspecified atom stereocenters. The van der Waals surface area contributed by atoms with E-state index in [1.54, 1.807) is 36.4 Å². The van der Waals surface area contributed by atoms with Crippen LogP contribution in [0.5, 0.6) is 0 Å². The Bertz CT molecular complexity index is 750. The van der Waals surface area contributed by atoms with E-state index in [0.717, 1.165) is 5.52 Å². The number of hydrogen-bond donors (Lipinski definition) is 2. The van der Waals surface area contributed by atoms with E-state index in [0.29, 0.717) is 22.1 Å². The summed E-state index contributed by atoms with van der Waals surface area (Å²) in [7, 11) is 1.78. The van der Waals surface area contributed by atoms with Crippen LogP contribution in [-0.2, 0) is 6.54 Å². The molecule has 3 aromatic rings. The lowest BCUT2D eigenvalue weighted by molar-refractivity contribution is -0.667. The standard InChI is InChI=1S/C13H11ClFN5/c1-16-12-11-13(18-6-17-11)20(7-19-12)5-8-9(14)3-2-4-10(8)15/h2-4,6-7H,5H2,1H3,(H,16,17,18)/p+1. The van der Waals surface area contributed by atoms with E-state index >= 15 is 0 Å². The van der Waals surface area contributed by atoms with Crippen molar-refractivity contribution in [1.82, 2.24) is 15.0 Å². The van der Waals surface area contributed by atoms with Gasteiger partial charge in [0.15, 0.2) is 11.8 Å². The molecule has 1 aromatic carbocycles. The molecule has 0 saturated heterocycles. The zero-order chi connectivity index (χ0) is 14.1. The van der Waals surface area contributed by atoms with Crippen LogP contribution in [0.3, 0.4) is 0 Å². The van der Waals surface area contributed by atoms with E-state index in [-0.39, 0.29) is 12.4 Å².